The molecule has 5 heteroatoms. The minimum atomic E-state index is -0.452. The van der Waals surface area contributed by atoms with E-state index in [-0.39, 0.29) is 11.3 Å². The zero-order valence-electron chi connectivity index (χ0n) is 10.6. The van der Waals surface area contributed by atoms with Gasteiger partial charge in [0, 0.05) is 18.5 Å². The molecule has 0 aliphatic rings. The van der Waals surface area contributed by atoms with Gasteiger partial charge in [-0.2, -0.15) is 0 Å². The SMILES string of the molecule is CCOC(=O)NCCNC(=O)C(C)(C)CC. The van der Waals surface area contributed by atoms with Crippen molar-refractivity contribution in [2.24, 2.45) is 5.41 Å². The van der Waals surface area contributed by atoms with E-state index < -0.39 is 6.09 Å². The Bertz CT molecular complexity index is 239. The number of hydrogen-bond donors (Lipinski definition) is 2. The van der Waals surface area contributed by atoms with Crippen LogP contribution in [-0.4, -0.2) is 31.7 Å². The van der Waals surface area contributed by atoms with Gasteiger partial charge in [-0.3, -0.25) is 4.79 Å². The fourth-order valence-electron chi connectivity index (χ4n) is 0.923. The van der Waals surface area contributed by atoms with Gasteiger partial charge in [-0.1, -0.05) is 20.8 Å². The number of hydrogen-bond acceptors (Lipinski definition) is 3. The van der Waals surface area contributed by atoms with Gasteiger partial charge >= 0.3 is 6.09 Å². The van der Waals surface area contributed by atoms with Gasteiger partial charge < -0.3 is 15.4 Å². The second kappa shape index (κ2) is 7.09. The van der Waals surface area contributed by atoms with Crippen LogP contribution in [0.1, 0.15) is 34.1 Å². The summed E-state index contributed by atoms with van der Waals surface area (Å²) in [4.78, 5) is 22.5. The third-order valence-corrected chi connectivity index (χ3v) is 2.45. The summed E-state index contributed by atoms with van der Waals surface area (Å²) < 4.78 is 4.67. The Hall–Kier alpha value is -1.26. The lowest BCUT2D eigenvalue weighted by Crippen LogP contribution is -2.40. The number of carbonyl (C=O) groups excluding carboxylic acids is 2. The quantitative estimate of drug-likeness (QED) is 0.675. The topological polar surface area (TPSA) is 67.4 Å². The van der Waals surface area contributed by atoms with E-state index in [9.17, 15) is 9.59 Å². The average Bonchev–Trinajstić information content (AvgIpc) is 2.24. The van der Waals surface area contributed by atoms with E-state index >= 15 is 0 Å². The third kappa shape index (κ3) is 5.58. The number of amides is 2. The summed E-state index contributed by atoms with van der Waals surface area (Å²) in [5, 5.41) is 5.29. The molecule has 0 aliphatic heterocycles. The van der Waals surface area contributed by atoms with Crippen molar-refractivity contribution >= 4 is 12.0 Å². The number of alkyl carbamates (subject to hydrolysis) is 1. The Balaban J connectivity index is 3.67. The largest absolute Gasteiger partial charge is 0.450 e. The zero-order valence-corrected chi connectivity index (χ0v) is 10.6. The number of rotatable bonds is 6. The first kappa shape index (κ1) is 14.7. The van der Waals surface area contributed by atoms with E-state index in [2.05, 4.69) is 15.4 Å². The highest BCUT2D eigenvalue weighted by Crippen LogP contribution is 2.18. The molecule has 0 bridgehead atoms. The Morgan fingerprint density at radius 1 is 1.12 bits per heavy atom. The molecule has 0 heterocycles. The van der Waals surface area contributed by atoms with Crippen molar-refractivity contribution in [2.75, 3.05) is 19.7 Å². The molecule has 0 unspecified atom stereocenters. The van der Waals surface area contributed by atoms with Gasteiger partial charge in [-0.05, 0) is 13.3 Å². The van der Waals surface area contributed by atoms with Crippen molar-refractivity contribution in [3.63, 3.8) is 0 Å². The molecule has 0 spiro atoms. The minimum Gasteiger partial charge on any atom is -0.450 e. The summed E-state index contributed by atoms with van der Waals surface area (Å²) in [5.41, 5.74) is -0.357. The summed E-state index contributed by atoms with van der Waals surface area (Å²) in [6, 6.07) is 0. The first-order valence-electron chi connectivity index (χ1n) is 5.63. The fourth-order valence-corrected chi connectivity index (χ4v) is 0.923. The second-order valence-corrected chi connectivity index (χ2v) is 4.14. The summed E-state index contributed by atoms with van der Waals surface area (Å²) in [5.74, 6) is 0.000610. The first-order valence-corrected chi connectivity index (χ1v) is 5.63. The van der Waals surface area contributed by atoms with Crippen LogP contribution < -0.4 is 10.6 Å². The molecule has 0 saturated heterocycles. The van der Waals surface area contributed by atoms with Gasteiger partial charge in [0.05, 0.1) is 6.61 Å². The van der Waals surface area contributed by atoms with E-state index in [1.165, 1.54) is 0 Å². The van der Waals surface area contributed by atoms with Crippen LogP contribution in [0.15, 0.2) is 0 Å². The molecule has 0 radical (unpaired) electrons. The lowest BCUT2D eigenvalue weighted by molar-refractivity contribution is -0.129. The Morgan fingerprint density at radius 2 is 1.69 bits per heavy atom. The van der Waals surface area contributed by atoms with E-state index in [1.54, 1.807) is 6.92 Å². The van der Waals surface area contributed by atoms with E-state index in [1.807, 2.05) is 20.8 Å². The number of carbonyl (C=O) groups is 2. The van der Waals surface area contributed by atoms with Gasteiger partial charge in [-0.15, -0.1) is 0 Å². The molecule has 94 valence electrons. The van der Waals surface area contributed by atoms with Crippen LogP contribution in [0.2, 0.25) is 0 Å². The smallest absolute Gasteiger partial charge is 0.407 e. The molecular weight excluding hydrogens is 208 g/mol. The van der Waals surface area contributed by atoms with Gasteiger partial charge in [0.2, 0.25) is 5.91 Å². The van der Waals surface area contributed by atoms with Gasteiger partial charge in [0.25, 0.3) is 0 Å². The van der Waals surface area contributed by atoms with Crippen molar-refractivity contribution in [2.45, 2.75) is 34.1 Å². The van der Waals surface area contributed by atoms with E-state index in [0.29, 0.717) is 19.7 Å². The molecule has 0 fully saturated rings. The number of ether oxygens (including phenoxy) is 1. The van der Waals surface area contributed by atoms with Crippen molar-refractivity contribution in [1.82, 2.24) is 10.6 Å². The standard InChI is InChI=1S/C11H22N2O3/c1-5-11(3,4)9(14)12-7-8-13-10(15)16-6-2/h5-8H2,1-4H3,(H,12,14)(H,13,15). The third-order valence-electron chi connectivity index (χ3n) is 2.45. The maximum Gasteiger partial charge on any atom is 0.407 e. The molecule has 16 heavy (non-hydrogen) atoms. The molecular formula is C11H22N2O3. The van der Waals surface area contributed by atoms with E-state index in [0.717, 1.165) is 6.42 Å². The molecule has 0 saturated carbocycles. The average molecular weight is 230 g/mol. The highest BCUT2D eigenvalue weighted by Gasteiger charge is 2.24. The summed E-state index contributed by atoms with van der Waals surface area (Å²) >= 11 is 0. The van der Waals surface area contributed by atoms with Crippen molar-refractivity contribution in [3.05, 3.63) is 0 Å². The van der Waals surface area contributed by atoms with Gasteiger partial charge in [0.1, 0.15) is 0 Å². The molecule has 0 aromatic rings. The Labute approximate surface area is 96.9 Å². The normalized spacial score (nSPS) is 10.8. The van der Waals surface area contributed by atoms with Crippen molar-refractivity contribution < 1.29 is 14.3 Å². The maximum absolute atomic E-state index is 11.6. The van der Waals surface area contributed by atoms with Gasteiger partial charge in [-0.25, -0.2) is 4.79 Å². The molecule has 0 aliphatic carbocycles. The summed E-state index contributed by atoms with van der Waals surface area (Å²) in [6.07, 6.45) is 0.330. The van der Waals surface area contributed by atoms with Crippen molar-refractivity contribution in [1.29, 1.82) is 0 Å². The molecule has 0 aromatic carbocycles. The molecule has 2 N–H and O–H groups in total. The molecule has 0 atom stereocenters. The summed E-state index contributed by atoms with van der Waals surface area (Å²) in [6.45, 7) is 8.64. The Morgan fingerprint density at radius 3 is 2.19 bits per heavy atom. The molecule has 5 nitrogen and oxygen atoms in total. The first-order chi connectivity index (χ1) is 7.44. The van der Waals surface area contributed by atoms with Crippen LogP contribution in [0.3, 0.4) is 0 Å². The number of nitrogens with one attached hydrogen (secondary N) is 2. The Kier molecular flexibility index (Phi) is 6.53. The van der Waals surface area contributed by atoms with Gasteiger partial charge in [0.15, 0.2) is 0 Å². The molecule has 0 rings (SSSR count). The predicted octanol–water partition coefficient (Wildman–Crippen LogP) is 1.28. The lowest BCUT2D eigenvalue weighted by atomic mass is 9.89. The van der Waals surface area contributed by atoms with Crippen LogP contribution in [0.4, 0.5) is 4.79 Å². The van der Waals surface area contributed by atoms with Crippen LogP contribution in [0, 0.1) is 5.41 Å². The zero-order chi connectivity index (χ0) is 12.6. The molecule has 0 aromatic heterocycles. The highest BCUT2D eigenvalue weighted by atomic mass is 16.5. The lowest BCUT2D eigenvalue weighted by Gasteiger charge is -2.21. The van der Waals surface area contributed by atoms with Crippen LogP contribution in [0.25, 0.3) is 0 Å². The minimum absolute atomic E-state index is 0.000610. The summed E-state index contributed by atoms with van der Waals surface area (Å²) in [7, 11) is 0. The second-order valence-electron chi connectivity index (χ2n) is 4.14. The fraction of sp³-hybridized carbons (Fsp3) is 0.818. The highest BCUT2D eigenvalue weighted by molar-refractivity contribution is 5.81. The van der Waals surface area contributed by atoms with Crippen LogP contribution in [0.5, 0.6) is 0 Å². The molecule has 2 amide bonds. The van der Waals surface area contributed by atoms with Crippen LogP contribution >= 0.6 is 0 Å². The van der Waals surface area contributed by atoms with E-state index in [4.69, 9.17) is 0 Å². The van der Waals surface area contributed by atoms with Crippen LogP contribution in [-0.2, 0) is 9.53 Å². The van der Waals surface area contributed by atoms with Crippen molar-refractivity contribution in [3.8, 4) is 0 Å². The monoisotopic (exact) mass is 230 g/mol. The maximum atomic E-state index is 11.6. The predicted molar refractivity (Wildman–Crippen MR) is 62.1 cm³/mol.